The Balaban J connectivity index is 1.71. The van der Waals surface area contributed by atoms with Gasteiger partial charge in [0, 0.05) is 30.3 Å². The molecule has 1 aliphatic rings. The predicted molar refractivity (Wildman–Crippen MR) is 127 cm³/mol. The Morgan fingerprint density at radius 3 is 2.00 bits per heavy atom. The van der Waals surface area contributed by atoms with Gasteiger partial charge in [-0.3, -0.25) is 0 Å². The third-order valence-electron chi connectivity index (χ3n) is 6.18. The fraction of sp³-hybridized carbons (Fsp3) is 0.250. The maximum Gasteiger partial charge on any atom is 0.334 e. The van der Waals surface area contributed by atoms with E-state index in [-0.39, 0.29) is 11.9 Å². The molecule has 0 amide bonds. The summed E-state index contributed by atoms with van der Waals surface area (Å²) < 4.78 is 5.10. The molecule has 4 rings (SSSR count). The van der Waals surface area contributed by atoms with Crippen molar-refractivity contribution in [3.05, 3.63) is 107 Å². The monoisotopic (exact) mass is 411 g/mol. The smallest absolute Gasteiger partial charge is 0.334 e. The molecular weight excluding hydrogens is 382 g/mol. The van der Waals surface area contributed by atoms with Crippen LogP contribution in [0.2, 0.25) is 0 Å². The standard InChI is InChI=1S/C28H29NO2/c1-4-24-26-17-23(15-16-25(26)20(2)27(24)28(30)31-3)29(18-21-11-7-5-8-12-21)19-22-13-9-6-10-14-22/h5-17,24H,4,18-19H2,1-3H3/t24-/m1/s1. The van der Waals surface area contributed by atoms with Crippen LogP contribution in [0.5, 0.6) is 0 Å². The van der Waals surface area contributed by atoms with Gasteiger partial charge in [0.1, 0.15) is 0 Å². The number of nitrogens with zero attached hydrogens (tertiary/aromatic N) is 1. The number of fused-ring (bicyclic) bond motifs is 1. The van der Waals surface area contributed by atoms with Crippen molar-refractivity contribution in [3.63, 3.8) is 0 Å². The van der Waals surface area contributed by atoms with E-state index >= 15 is 0 Å². The number of esters is 1. The summed E-state index contributed by atoms with van der Waals surface area (Å²) in [5, 5.41) is 0. The highest BCUT2D eigenvalue weighted by Gasteiger charge is 2.33. The Labute approximate surface area is 185 Å². The molecule has 0 N–H and O–H groups in total. The maximum atomic E-state index is 12.5. The van der Waals surface area contributed by atoms with E-state index in [0.29, 0.717) is 0 Å². The second-order valence-electron chi connectivity index (χ2n) is 8.09. The van der Waals surface area contributed by atoms with Gasteiger partial charge >= 0.3 is 5.97 Å². The minimum atomic E-state index is -0.215. The molecule has 0 heterocycles. The molecule has 0 saturated heterocycles. The van der Waals surface area contributed by atoms with Gasteiger partial charge in [0.25, 0.3) is 0 Å². The lowest BCUT2D eigenvalue weighted by Crippen LogP contribution is -2.22. The molecule has 1 aliphatic carbocycles. The first kappa shape index (κ1) is 20.9. The molecule has 0 bridgehead atoms. The molecule has 158 valence electrons. The van der Waals surface area contributed by atoms with Crippen LogP contribution in [0.25, 0.3) is 5.57 Å². The molecule has 0 aromatic heterocycles. The van der Waals surface area contributed by atoms with Crippen molar-refractivity contribution >= 4 is 17.2 Å². The first-order valence-corrected chi connectivity index (χ1v) is 10.9. The van der Waals surface area contributed by atoms with E-state index in [1.807, 2.05) is 6.92 Å². The van der Waals surface area contributed by atoms with Crippen LogP contribution in [-0.4, -0.2) is 13.1 Å². The summed E-state index contributed by atoms with van der Waals surface area (Å²) in [6.45, 7) is 5.81. The SMILES string of the molecule is CC[C@H]1C(C(=O)OC)=C(C)c2ccc(N(Cc3ccccc3)Cc3ccccc3)cc21. The molecule has 3 aromatic rings. The summed E-state index contributed by atoms with van der Waals surface area (Å²) in [6, 6.07) is 27.7. The van der Waals surface area contributed by atoms with Gasteiger partial charge in [-0.15, -0.1) is 0 Å². The molecule has 0 fully saturated rings. The molecule has 3 nitrogen and oxygen atoms in total. The molecule has 3 aromatic carbocycles. The lowest BCUT2D eigenvalue weighted by molar-refractivity contribution is -0.136. The highest BCUT2D eigenvalue weighted by Crippen LogP contribution is 2.45. The van der Waals surface area contributed by atoms with Crippen LogP contribution >= 0.6 is 0 Å². The van der Waals surface area contributed by atoms with Crippen molar-refractivity contribution in [1.29, 1.82) is 0 Å². The quantitative estimate of drug-likeness (QED) is 0.425. The minimum absolute atomic E-state index is 0.0812. The number of hydrogen-bond donors (Lipinski definition) is 0. The predicted octanol–water partition coefficient (Wildman–Crippen LogP) is 6.35. The molecule has 31 heavy (non-hydrogen) atoms. The van der Waals surface area contributed by atoms with Gasteiger partial charge in [0.2, 0.25) is 0 Å². The number of rotatable bonds is 7. The summed E-state index contributed by atoms with van der Waals surface area (Å²) in [6.07, 6.45) is 0.871. The zero-order valence-electron chi connectivity index (χ0n) is 18.5. The van der Waals surface area contributed by atoms with Gasteiger partial charge in [-0.1, -0.05) is 73.7 Å². The van der Waals surface area contributed by atoms with Crippen molar-refractivity contribution in [1.82, 2.24) is 0 Å². The molecule has 1 atom stereocenters. The fourth-order valence-corrected chi connectivity index (χ4v) is 4.61. The van der Waals surface area contributed by atoms with Gasteiger partial charge in [0.15, 0.2) is 0 Å². The first-order valence-electron chi connectivity index (χ1n) is 10.9. The van der Waals surface area contributed by atoms with E-state index in [4.69, 9.17) is 4.74 Å². The summed E-state index contributed by atoms with van der Waals surface area (Å²) in [4.78, 5) is 14.9. The zero-order chi connectivity index (χ0) is 21.8. The molecule has 0 aliphatic heterocycles. The van der Waals surface area contributed by atoms with Gasteiger partial charge in [-0.2, -0.15) is 0 Å². The molecule has 0 saturated carbocycles. The normalized spacial score (nSPS) is 15.0. The number of hydrogen-bond acceptors (Lipinski definition) is 3. The molecular formula is C28H29NO2. The number of methoxy groups -OCH3 is 1. The van der Waals surface area contributed by atoms with Gasteiger partial charge in [-0.25, -0.2) is 4.79 Å². The third kappa shape index (κ3) is 4.27. The van der Waals surface area contributed by atoms with Crippen LogP contribution in [0.15, 0.2) is 84.4 Å². The van der Waals surface area contributed by atoms with Crippen molar-refractivity contribution in [2.24, 2.45) is 0 Å². The maximum absolute atomic E-state index is 12.5. The van der Waals surface area contributed by atoms with Crippen molar-refractivity contribution in [2.45, 2.75) is 39.3 Å². The largest absolute Gasteiger partial charge is 0.466 e. The highest BCUT2D eigenvalue weighted by molar-refractivity contribution is 6.02. The topological polar surface area (TPSA) is 29.5 Å². The Morgan fingerprint density at radius 1 is 0.903 bits per heavy atom. The Kier molecular flexibility index (Phi) is 6.22. The Hall–Kier alpha value is -3.33. The summed E-state index contributed by atoms with van der Waals surface area (Å²) in [7, 11) is 1.46. The molecule has 0 radical (unpaired) electrons. The second-order valence-corrected chi connectivity index (χ2v) is 8.09. The van der Waals surface area contributed by atoms with Crippen LogP contribution in [0.1, 0.15) is 48.4 Å². The van der Waals surface area contributed by atoms with E-state index < -0.39 is 0 Å². The van der Waals surface area contributed by atoms with Gasteiger partial charge in [0.05, 0.1) is 7.11 Å². The van der Waals surface area contributed by atoms with Crippen molar-refractivity contribution in [2.75, 3.05) is 12.0 Å². The number of benzene rings is 3. The highest BCUT2D eigenvalue weighted by atomic mass is 16.5. The van der Waals surface area contributed by atoms with E-state index in [1.165, 1.54) is 29.5 Å². The molecule has 0 spiro atoms. The summed E-state index contributed by atoms with van der Waals surface area (Å²) in [5.74, 6) is -0.134. The van der Waals surface area contributed by atoms with Crippen molar-refractivity contribution < 1.29 is 9.53 Å². The number of carbonyl (C=O) groups excluding carboxylic acids is 1. The average molecular weight is 412 g/mol. The number of ether oxygens (including phenoxy) is 1. The second kappa shape index (κ2) is 9.22. The molecule has 3 heteroatoms. The lowest BCUT2D eigenvalue weighted by Gasteiger charge is -2.27. The lowest BCUT2D eigenvalue weighted by atomic mass is 9.92. The summed E-state index contributed by atoms with van der Waals surface area (Å²) >= 11 is 0. The van der Waals surface area contributed by atoms with Crippen LogP contribution in [0, 0.1) is 0 Å². The van der Waals surface area contributed by atoms with Crippen molar-refractivity contribution in [3.8, 4) is 0 Å². The number of anilines is 1. The third-order valence-corrected chi connectivity index (χ3v) is 6.18. The molecule has 0 unspecified atom stereocenters. The number of allylic oxidation sites excluding steroid dienone is 1. The van der Waals surface area contributed by atoms with E-state index in [2.05, 4.69) is 90.7 Å². The minimum Gasteiger partial charge on any atom is -0.466 e. The average Bonchev–Trinajstić information content (AvgIpc) is 3.10. The van der Waals surface area contributed by atoms with Gasteiger partial charge < -0.3 is 9.64 Å². The zero-order valence-corrected chi connectivity index (χ0v) is 18.5. The Bertz CT molecular complexity index is 1050. The van der Waals surface area contributed by atoms with Crippen LogP contribution < -0.4 is 4.90 Å². The van der Waals surface area contributed by atoms with Crippen LogP contribution in [0.3, 0.4) is 0 Å². The van der Waals surface area contributed by atoms with Gasteiger partial charge in [-0.05, 0) is 53.3 Å². The van der Waals surface area contributed by atoms with E-state index in [1.54, 1.807) is 0 Å². The number of carbonyl (C=O) groups is 1. The van der Waals surface area contributed by atoms with Crippen LogP contribution in [0.4, 0.5) is 5.69 Å². The Morgan fingerprint density at radius 2 is 1.48 bits per heavy atom. The summed E-state index contributed by atoms with van der Waals surface area (Å²) in [5.41, 5.74) is 7.95. The van der Waals surface area contributed by atoms with E-state index in [9.17, 15) is 4.79 Å². The van der Waals surface area contributed by atoms with E-state index in [0.717, 1.165) is 36.2 Å². The first-order chi connectivity index (χ1) is 15.1. The van der Waals surface area contributed by atoms with Crippen LogP contribution in [-0.2, 0) is 22.6 Å². The fourth-order valence-electron chi connectivity index (χ4n) is 4.61.